The fourth-order valence-corrected chi connectivity index (χ4v) is 2.97. The molecule has 0 aliphatic rings. The van der Waals surface area contributed by atoms with Crippen LogP contribution in [0, 0.1) is 0 Å². The van der Waals surface area contributed by atoms with Crippen LogP contribution < -0.4 is 0 Å². The quantitative estimate of drug-likeness (QED) is 0.488. The molecule has 0 bridgehead atoms. The van der Waals surface area contributed by atoms with Crippen LogP contribution in [0.3, 0.4) is 0 Å². The summed E-state index contributed by atoms with van der Waals surface area (Å²) in [5.41, 5.74) is 2.51. The lowest BCUT2D eigenvalue weighted by Crippen LogP contribution is -1.93. The van der Waals surface area contributed by atoms with Crippen molar-refractivity contribution in [3.8, 4) is 0 Å². The zero-order chi connectivity index (χ0) is 12.8. The summed E-state index contributed by atoms with van der Waals surface area (Å²) in [4.78, 5) is 4.27. The van der Waals surface area contributed by atoms with E-state index in [-0.39, 0.29) is 0 Å². The zero-order valence-corrected chi connectivity index (χ0v) is 10.8. The third kappa shape index (κ3) is 1.40. The summed E-state index contributed by atoms with van der Waals surface area (Å²) in [6.45, 7) is 3.14. The predicted molar refractivity (Wildman–Crippen MR) is 80.4 cm³/mol. The van der Waals surface area contributed by atoms with Gasteiger partial charge in [0, 0.05) is 29.0 Å². The maximum Gasteiger partial charge on any atom is 0.0677 e. The van der Waals surface area contributed by atoms with E-state index in [0.29, 0.717) is 0 Å². The molecule has 0 spiro atoms. The summed E-state index contributed by atoms with van der Waals surface area (Å²) in [5.74, 6) is 0. The summed E-state index contributed by atoms with van der Waals surface area (Å²) >= 11 is 0. The molecule has 0 radical (unpaired) electrons. The maximum absolute atomic E-state index is 4.27. The van der Waals surface area contributed by atoms with Gasteiger partial charge in [-0.05, 0) is 35.9 Å². The van der Waals surface area contributed by atoms with Crippen LogP contribution in [0.5, 0.6) is 0 Å². The standard InChI is InChI=1S/C17H14N2/c1-2-19-16-10-13-6-4-3-5-12(13)9-15(16)14-7-8-18-11-17(14)19/h3-11H,2H2,1H3. The zero-order valence-electron chi connectivity index (χ0n) is 10.8. The number of aromatic nitrogens is 2. The molecule has 4 aromatic rings. The van der Waals surface area contributed by atoms with E-state index in [9.17, 15) is 0 Å². The third-order valence-corrected chi connectivity index (χ3v) is 3.85. The Morgan fingerprint density at radius 2 is 1.74 bits per heavy atom. The first-order valence-corrected chi connectivity index (χ1v) is 6.63. The van der Waals surface area contributed by atoms with Gasteiger partial charge in [0.2, 0.25) is 0 Å². The second kappa shape index (κ2) is 3.82. The van der Waals surface area contributed by atoms with E-state index in [4.69, 9.17) is 0 Å². The van der Waals surface area contributed by atoms with Gasteiger partial charge in [-0.2, -0.15) is 0 Å². The van der Waals surface area contributed by atoms with E-state index in [2.05, 4.69) is 58.9 Å². The molecule has 2 aromatic heterocycles. The molecule has 0 unspecified atom stereocenters. The van der Waals surface area contributed by atoms with Crippen molar-refractivity contribution in [2.45, 2.75) is 13.5 Å². The average molecular weight is 246 g/mol. The number of pyridine rings is 1. The molecule has 2 heterocycles. The maximum atomic E-state index is 4.27. The van der Waals surface area contributed by atoms with Gasteiger partial charge in [-0.3, -0.25) is 4.98 Å². The van der Waals surface area contributed by atoms with Crippen LogP contribution in [0.1, 0.15) is 6.92 Å². The monoisotopic (exact) mass is 246 g/mol. The predicted octanol–water partition coefficient (Wildman–Crippen LogP) is 4.36. The highest BCUT2D eigenvalue weighted by molar-refractivity contribution is 6.12. The van der Waals surface area contributed by atoms with Gasteiger partial charge in [0.05, 0.1) is 11.7 Å². The highest BCUT2D eigenvalue weighted by Gasteiger charge is 2.10. The van der Waals surface area contributed by atoms with Crippen LogP contribution in [0.4, 0.5) is 0 Å². The number of nitrogens with zero attached hydrogens (tertiary/aromatic N) is 2. The highest BCUT2D eigenvalue weighted by atomic mass is 15.0. The minimum Gasteiger partial charge on any atom is -0.339 e. The normalized spacial score (nSPS) is 11.6. The first kappa shape index (κ1) is 10.6. The molecule has 0 amide bonds. The van der Waals surface area contributed by atoms with Gasteiger partial charge in [-0.15, -0.1) is 0 Å². The Bertz CT molecular complexity index is 903. The SMILES string of the molecule is CCn1c2cnccc2c2cc3ccccc3cc21. The number of fused-ring (bicyclic) bond motifs is 4. The van der Waals surface area contributed by atoms with E-state index in [1.54, 1.807) is 0 Å². The molecular formula is C17H14N2. The Kier molecular flexibility index (Phi) is 2.12. The molecular weight excluding hydrogens is 232 g/mol. The van der Waals surface area contributed by atoms with Gasteiger partial charge < -0.3 is 4.57 Å². The minimum absolute atomic E-state index is 0.962. The molecule has 0 N–H and O–H groups in total. The van der Waals surface area contributed by atoms with Gasteiger partial charge >= 0.3 is 0 Å². The van der Waals surface area contributed by atoms with E-state index < -0.39 is 0 Å². The van der Waals surface area contributed by atoms with Gasteiger partial charge in [0.25, 0.3) is 0 Å². The summed E-state index contributed by atoms with van der Waals surface area (Å²) < 4.78 is 2.34. The van der Waals surface area contributed by atoms with Crippen LogP contribution in [-0.2, 0) is 6.54 Å². The molecule has 92 valence electrons. The Hall–Kier alpha value is -2.35. The summed E-state index contributed by atoms with van der Waals surface area (Å²) in [7, 11) is 0. The minimum atomic E-state index is 0.962. The molecule has 0 saturated carbocycles. The molecule has 0 aliphatic carbocycles. The Labute approximate surface area is 111 Å². The number of rotatable bonds is 1. The van der Waals surface area contributed by atoms with Crippen LogP contribution in [0.15, 0.2) is 54.9 Å². The lowest BCUT2D eigenvalue weighted by molar-refractivity contribution is 0.826. The van der Waals surface area contributed by atoms with Crippen LogP contribution >= 0.6 is 0 Å². The lowest BCUT2D eigenvalue weighted by Gasteiger charge is -2.03. The van der Waals surface area contributed by atoms with Crippen molar-refractivity contribution in [3.63, 3.8) is 0 Å². The fourth-order valence-electron chi connectivity index (χ4n) is 2.97. The van der Waals surface area contributed by atoms with Crippen molar-refractivity contribution in [2.75, 3.05) is 0 Å². The third-order valence-electron chi connectivity index (χ3n) is 3.85. The van der Waals surface area contributed by atoms with Crippen molar-refractivity contribution in [1.29, 1.82) is 0 Å². The molecule has 2 heteroatoms. The topological polar surface area (TPSA) is 17.8 Å². The molecule has 0 saturated heterocycles. The summed E-state index contributed by atoms with van der Waals surface area (Å²) in [5, 5.41) is 5.19. The van der Waals surface area contributed by atoms with Crippen molar-refractivity contribution < 1.29 is 0 Å². The van der Waals surface area contributed by atoms with Crippen molar-refractivity contribution in [3.05, 3.63) is 54.9 Å². The Morgan fingerprint density at radius 3 is 2.53 bits per heavy atom. The van der Waals surface area contributed by atoms with E-state index in [0.717, 1.165) is 6.54 Å². The van der Waals surface area contributed by atoms with Crippen LogP contribution in [0.25, 0.3) is 32.6 Å². The summed E-state index contributed by atoms with van der Waals surface area (Å²) in [6, 6.07) is 15.2. The Balaban J connectivity index is 2.29. The molecule has 19 heavy (non-hydrogen) atoms. The average Bonchev–Trinajstić information content (AvgIpc) is 2.78. The fraction of sp³-hybridized carbons (Fsp3) is 0.118. The number of hydrogen-bond donors (Lipinski definition) is 0. The molecule has 0 atom stereocenters. The molecule has 2 nitrogen and oxygen atoms in total. The van der Waals surface area contributed by atoms with Crippen LogP contribution in [-0.4, -0.2) is 9.55 Å². The first-order valence-electron chi connectivity index (χ1n) is 6.63. The van der Waals surface area contributed by atoms with Crippen molar-refractivity contribution >= 4 is 32.6 Å². The van der Waals surface area contributed by atoms with Crippen LogP contribution in [0.2, 0.25) is 0 Å². The lowest BCUT2D eigenvalue weighted by atomic mass is 10.1. The molecule has 0 aliphatic heterocycles. The van der Waals surface area contributed by atoms with Crippen molar-refractivity contribution in [2.24, 2.45) is 0 Å². The largest absolute Gasteiger partial charge is 0.339 e. The van der Waals surface area contributed by atoms with Gasteiger partial charge in [-0.1, -0.05) is 24.3 Å². The second-order valence-electron chi connectivity index (χ2n) is 4.85. The molecule has 2 aromatic carbocycles. The van der Waals surface area contributed by atoms with Gasteiger partial charge in [-0.25, -0.2) is 0 Å². The number of aryl methyl sites for hydroxylation is 1. The van der Waals surface area contributed by atoms with E-state index in [1.165, 1.54) is 32.6 Å². The highest BCUT2D eigenvalue weighted by Crippen LogP contribution is 2.31. The number of hydrogen-bond acceptors (Lipinski definition) is 1. The van der Waals surface area contributed by atoms with E-state index in [1.807, 2.05) is 12.4 Å². The second-order valence-corrected chi connectivity index (χ2v) is 4.85. The summed E-state index contributed by atoms with van der Waals surface area (Å²) in [6.07, 6.45) is 3.83. The van der Waals surface area contributed by atoms with Crippen molar-refractivity contribution in [1.82, 2.24) is 9.55 Å². The van der Waals surface area contributed by atoms with E-state index >= 15 is 0 Å². The first-order chi connectivity index (χ1) is 9.38. The van der Waals surface area contributed by atoms with Gasteiger partial charge in [0.15, 0.2) is 0 Å². The smallest absolute Gasteiger partial charge is 0.0677 e. The van der Waals surface area contributed by atoms with Gasteiger partial charge in [0.1, 0.15) is 0 Å². The molecule has 4 rings (SSSR count). The Morgan fingerprint density at radius 1 is 0.947 bits per heavy atom. The molecule has 0 fully saturated rings. The number of benzene rings is 2.